The van der Waals surface area contributed by atoms with E-state index in [0.717, 1.165) is 6.07 Å². The van der Waals surface area contributed by atoms with Gasteiger partial charge in [0.05, 0.1) is 12.1 Å². The molecule has 2 aromatic carbocycles. The Kier molecular flexibility index (Phi) is 5.56. The number of aliphatic carboxylic acids is 1. The second-order valence-corrected chi connectivity index (χ2v) is 6.55. The zero-order valence-electron chi connectivity index (χ0n) is 13.9. The molecule has 0 saturated heterocycles. The van der Waals surface area contributed by atoms with Crippen molar-refractivity contribution in [2.75, 3.05) is 0 Å². The number of benzene rings is 2. The first-order chi connectivity index (χ1) is 12.9. The van der Waals surface area contributed by atoms with Gasteiger partial charge in [-0.05, 0) is 30.3 Å². The summed E-state index contributed by atoms with van der Waals surface area (Å²) in [6.07, 6.45) is -0.157. The first-order valence-corrected chi connectivity index (χ1v) is 8.79. The van der Waals surface area contributed by atoms with E-state index in [9.17, 15) is 23.5 Å². The monoisotopic (exact) mass is 388 g/mol. The predicted molar refractivity (Wildman–Crippen MR) is 96.1 cm³/mol. The van der Waals surface area contributed by atoms with Crippen molar-refractivity contribution < 1.29 is 23.5 Å². The van der Waals surface area contributed by atoms with Crippen molar-refractivity contribution in [2.45, 2.75) is 12.5 Å². The molecule has 1 heterocycles. The zero-order valence-corrected chi connectivity index (χ0v) is 14.7. The Balaban J connectivity index is 1.71. The van der Waals surface area contributed by atoms with Crippen LogP contribution in [0.4, 0.5) is 8.78 Å². The highest BCUT2D eigenvalue weighted by molar-refractivity contribution is 7.13. The van der Waals surface area contributed by atoms with Gasteiger partial charge in [-0.25, -0.2) is 18.6 Å². The van der Waals surface area contributed by atoms with Crippen LogP contribution in [0, 0.1) is 11.6 Å². The lowest BCUT2D eigenvalue weighted by Crippen LogP contribution is -2.35. The summed E-state index contributed by atoms with van der Waals surface area (Å²) in [5.74, 6) is -3.03. The van der Waals surface area contributed by atoms with E-state index in [-0.39, 0.29) is 17.8 Å². The smallest absolute Gasteiger partial charge is 0.331 e. The van der Waals surface area contributed by atoms with Crippen molar-refractivity contribution in [1.82, 2.24) is 10.3 Å². The predicted octanol–water partition coefficient (Wildman–Crippen LogP) is 3.57. The molecular weight excluding hydrogens is 374 g/mol. The molecule has 3 aromatic rings. The van der Waals surface area contributed by atoms with E-state index in [4.69, 9.17) is 0 Å². The van der Waals surface area contributed by atoms with Crippen LogP contribution < -0.4 is 5.32 Å². The van der Waals surface area contributed by atoms with Crippen LogP contribution in [0.1, 0.15) is 17.3 Å². The second-order valence-electron chi connectivity index (χ2n) is 5.69. The van der Waals surface area contributed by atoms with E-state index in [1.165, 1.54) is 41.7 Å². The molecule has 5 nitrogen and oxygen atoms in total. The van der Waals surface area contributed by atoms with Crippen molar-refractivity contribution in [1.29, 1.82) is 0 Å². The summed E-state index contributed by atoms with van der Waals surface area (Å²) in [7, 11) is 0. The van der Waals surface area contributed by atoms with E-state index in [1.807, 2.05) is 0 Å². The molecule has 27 heavy (non-hydrogen) atoms. The summed E-state index contributed by atoms with van der Waals surface area (Å²) < 4.78 is 26.8. The lowest BCUT2D eigenvalue weighted by molar-refractivity contribution is -0.142. The van der Waals surface area contributed by atoms with Gasteiger partial charge in [0.25, 0.3) is 0 Å². The molecule has 3 rings (SSSR count). The third-order valence-electron chi connectivity index (χ3n) is 3.75. The molecule has 2 N–H and O–H groups in total. The van der Waals surface area contributed by atoms with Gasteiger partial charge in [-0.1, -0.05) is 18.2 Å². The van der Waals surface area contributed by atoms with E-state index >= 15 is 0 Å². The molecule has 0 bridgehead atoms. The lowest BCUT2D eigenvalue weighted by Gasteiger charge is -2.15. The summed E-state index contributed by atoms with van der Waals surface area (Å²) in [4.78, 5) is 28.0. The van der Waals surface area contributed by atoms with Crippen LogP contribution >= 0.6 is 11.3 Å². The van der Waals surface area contributed by atoms with Gasteiger partial charge >= 0.3 is 5.97 Å². The Morgan fingerprint density at radius 1 is 1.11 bits per heavy atom. The topological polar surface area (TPSA) is 79.3 Å². The maximum atomic E-state index is 13.8. The van der Waals surface area contributed by atoms with Crippen molar-refractivity contribution in [3.8, 4) is 10.6 Å². The van der Waals surface area contributed by atoms with Crippen LogP contribution in [0.15, 0.2) is 53.9 Å². The minimum atomic E-state index is -1.49. The molecule has 0 aliphatic rings. The van der Waals surface area contributed by atoms with Gasteiger partial charge in [0.2, 0.25) is 5.91 Å². The summed E-state index contributed by atoms with van der Waals surface area (Å²) in [5, 5.41) is 13.9. The van der Waals surface area contributed by atoms with E-state index in [1.54, 1.807) is 17.5 Å². The van der Waals surface area contributed by atoms with Crippen molar-refractivity contribution in [3.63, 3.8) is 0 Å². The van der Waals surface area contributed by atoms with E-state index in [0.29, 0.717) is 16.3 Å². The number of carboxylic acids is 1. The number of hydrogen-bond donors (Lipinski definition) is 2. The first kappa shape index (κ1) is 18.7. The molecule has 8 heteroatoms. The minimum Gasteiger partial charge on any atom is -0.479 e. The second kappa shape index (κ2) is 8.05. The van der Waals surface area contributed by atoms with Crippen LogP contribution in [-0.2, 0) is 16.0 Å². The lowest BCUT2D eigenvalue weighted by atomic mass is 10.1. The van der Waals surface area contributed by atoms with Crippen LogP contribution in [0.5, 0.6) is 0 Å². The average molecular weight is 388 g/mol. The molecule has 0 fully saturated rings. The summed E-state index contributed by atoms with van der Waals surface area (Å²) >= 11 is 1.28. The quantitative estimate of drug-likeness (QED) is 0.677. The molecular formula is C19H14F2N2O3S. The maximum Gasteiger partial charge on any atom is 0.331 e. The Morgan fingerprint density at radius 2 is 1.81 bits per heavy atom. The molecule has 0 radical (unpaired) electrons. The Hall–Kier alpha value is -3.13. The third kappa shape index (κ3) is 4.53. The fourth-order valence-corrected chi connectivity index (χ4v) is 3.30. The molecule has 0 aliphatic heterocycles. The molecule has 138 valence electrons. The molecule has 0 spiro atoms. The maximum absolute atomic E-state index is 13.8. The number of carbonyl (C=O) groups is 2. The van der Waals surface area contributed by atoms with Gasteiger partial charge in [-0.2, -0.15) is 0 Å². The van der Waals surface area contributed by atoms with Crippen LogP contribution in [0.2, 0.25) is 0 Å². The highest BCUT2D eigenvalue weighted by Crippen LogP contribution is 2.24. The number of nitrogens with one attached hydrogen (secondary N) is 1. The summed E-state index contributed by atoms with van der Waals surface area (Å²) in [6.45, 7) is 0. The number of halogens is 2. The first-order valence-electron chi connectivity index (χ1n) is 7.91. The number of amides is 1. The number of nitrogens with zero attached hydrogens (tertiary/aromatic N) is 1. The van der Waals surface area contributed by atoms with Crippen LogP contribution in [0.3, 0.4) is 0 Å². The number of hydrogen-bond acceptors (Lipinski definition) is 4. The van der Waals surface area contributed by atoms with E-state index < -0.39 is 23.7 Å². The molecule has 1 aromatic heterocycles. The summed E-state index contributed by atoms with van der Waals surface area (Å²) in [5.41, 5.74) is 1.03. The van der Waals surface area contributed by atoms with Crippen molar-refractivity contribution >= 4 is 23.2 Å². The van der Waals surface area contributed by atoms with Gasteiger partial charge in [-0.3, -0.25) is 4.79 Å². The van der Waals surface area contributed by atoms with Crippen molar-refractivity contribution in [2.24, 2.45) is 0 Å². The van der Waals surface area contributed by atoms with Gasteiger partial charge in [0.1, 0.15) is 16.6 Å². The van der Waals surface area contributed by atoms with Gasteiger partial charge < -0.3 is 10.4 Å². The number of aromatic nitrogens is 1. The standard InChI is InChI=1S/C19H14F2N2O3S/c20-12-7-5-11(6-8-12)18-22-13(10-27-18)9-16(24)23-17(19(25)26)14-3-1-2-4-15(14)21/h1-8,10,17H,9H2,(H,23,24)(H,25,26). The van der Waals surface area contributed by atoms with E-state index in [2.05, 4.69) is 10.3 Å². The van der Waals surface area contributed by atoms with Gasteiger partial charge in [-0.15, -0.1) is 11.3 Å². The Bertz CT molecular complexity index is 973. The van der Waals surface area contributed by atoms with Gasteiger partial charge in [0, 0.05) is 16.5 Å². The highest BCUT2D eigenvalue weighted by atomic mass is 32.1. The number of rotatable bonds is 6. The Labute approximate surface area is 157 Å². The molecule has 0 saturated carbocycles. The minimum absolute atomic E-state index is 0.122. The number of thiazole rings is 1. The van der Waals surface area contributed by atoms with Crippen LogP contribution in [-0.4, -0.2) is 22.0 Å². The average Bonchev–Trinajstić information content (AvgIpc) is 3.09. The summed E-state index contributed by atoms with van der Waals surface area (Å²) in [6, 6.07) is 9.67. The molecule has 1 amide bonds. The molecule has 1 unspecified atom stereocenters. The number of carboxylic acid groups (broad SMARTS) is 1. The number of carbonyl (C=O) groups excluding carboxylic acids is 1. The normalized spacial score (nSPS) is 11.8. The van der Waals surface area contributed by atoms with Crippen LogP contribution in [0.25, 0.3) is 10.6 Å². The SMILES string of the molecule is O=C(Cc1csc(-c2ccc(F)cc2)n1)NC(C(=O)O)c1ccccc1F. The molecule has 1 atom stereocenters. The zero-order chi connectivity index (χ0) is 19.4. The van der Waals surface area contributed by atoms with Crippen molar-refractivity contribution in [3.05, 3.63) is 76.8 Å². The third-order valence-corrected chi connectivity index (χ3v) is 4.69. The highest BCUT2D eigenvalue weighted by Gasteiger charge is 2.25. The molecule has 0 aliphatic carbocycles. The van der Waals surface area contributed by atoms with Gasteiger partial charge in [0.15, 0.2) is 6.04 Å². The fourth-order valence-electron chi connectivity index (χ4n) is 2.47. The largest absolute Gasteiger partial charge is 0.479 e. The Morgan fingerprint density at radius 3 is 2.48 bits per heavy atom. The fraction of sp³-hybridized carbons (Fsp3) is 0.105.